The fourth-order valence-corrected chi connectivity index (χ4v) is 3.84. The second-order valence-electron chi connectivity index (χ2n) is 5.02. The largest absolute Gasteiger partial charge is 0.339 e. The van der Waals surface area contributed by atoms with Crippen LogP contribution in [0.15, 0.2) is 47.3 Å². The number of benzene rings is 1. The van der Waals surface area contributed by atoms with Crippen LogP contribution in [0.5, 0.6) is 0 Å². The van der Waals surface area contributed by atoms with Crippen LogP contribution in [0, 0.1) is 13.8 Å². The number of hydrogen-bond acceptors (Lipinski definition) is 4. The van der Waals surface area contributed by atoms with Gasteiger partial charge >= 0.3 is 0 Å². The molecule has 3 nitrogen and oxygen atoms in total. The summed E-state index contributed by atoms with van der Waals surface area (Å²) in [4.78, 5) is 18.2. The van der Waals surface area contributed by atoms with E-state index >= 15 is 0 Å². The Balaban J connectivity index is 1.91. The first kappa shape index (κ1) is 14.9. The lowest BCUT2D eigenvalue weighted by atomic mass is 10.1. The van der Waals surface area contributed by atoms with Crippen molar-refractivity contribution >= 4 is 28.6 Å². The molecule has 0 radical (unpaired) electrons. The molecule has 1 amide bonds. The van der Waals surface area contributed by atoms with Crippen LogP contribution in [-0.4, -0.2) is 10.9 Å². The summed E-state index contributed by atoms with van der Waals surface area (Å²) < 4.78 is 0. The van der Waals surface area contributed by atoms with Crippen LogP contribution >= 0.6 is 22.7 Å². The molecule has 112 valence electrons. The summed E-state index contributed by atoms with van der Waals surface area (Å²) in [6.07, 6.45) is 1.77. The molecule has 1 N–H and O–H groups in total. The first-order valence-electron chi connectivity index (χ1n) is 6.96. The van der Waals surface area contributed by atoms with E-state index in [0.717, 1.165) is 21.7 Å². The van der Waals surface area contributed by atoms with Gasteiger partial charge in [-0.15, -0.1) is 22.7 Å². The Morgan fingerprint density at radius 1 is 1.18 bits per heavy atom. The zero-order chi connectivity index (χ0) is 15.5. The van der Waals surface area contributed by atoms with Gasteiger partial charge in [-0.1, -0.05) is 30.3 Å². The number of aryl methyl sites for hydroxylation is 1. The summed E-state index contributed by atoms with van der Waals surface area (Å²) in [5.41, 5.74) is 2.84. The highest BCUT2D eigenvalue weighted by Gasteiger charge is 2.21. The number of nitrogens with one attached hydrogen (secondary N) is 1. The lowest BCUT2D eigenvalue weighted by Crippen LogP contribution is -2.29. The van der Waals surface area contributed by atoms with Crippen molar-refractivity contribution in [2.24, 2.45) is 0 Å². The zero-order valence-electron chi connectivity index (χ0n) is 12.4. The van der Waals surface area contributed by atoms with Gasteiger partial charge in [0.05, 0.1) is 5.56 Å². The van der Waals surface area contributed by atoms with Gasteiger partial charge in [0.25, 0.3) is 5.91 Å². The molecule has 0 saturated carbocycles. The summed E-state index contributed by atoms with van der Waals surface area (Å²) in [7, 11) is 0. The number of nitrogens with zero attached hydrogens (tertiary/aromatic N) is 1. The number of hydrogen-bond donors (Lipinski definition) is 1. The molecule has 1 aromatic carbocycles. The lowest BCUT2D eigenvalue weighted by molar-refractivity contribution is 0.0942. The smallest absolute Gasteiger partial charge is 0.253 e. The van der Waals surface area contributed by atoms with E-state index in [9.17, 15) is 4.79 Å². The van der Waals surface area contributed by atoms with Crippen LogP contribution in [0.2, 0.25) is 0 Å². The van der Waals surface area contributed by atoms with Crippen molar-refractivity contribution in [3.63, 3.8) is 0 Å². The predicted octanol–water partition coefficient (Wildman–Crippen LogP) is 4.34. The molecule has 3 rings (SSSR count). The number of aromatic nitrogens is 1. The molecule has 1 atom stereocenters. The van der Waals surface area contributed by atoms with Gasteiger partial charge in [0.15, 0.2) is 0 Å². The summed E-state index contributed by atoms with van der Waals surface area (Å²) in [6.45, 7) is 4.02. The van der Waals surface area contributed by atoms with Gasteiger partial charge in [0, 0.05) is 21.8 Å². The van der Waals surface area contributed by atoms with Gasteiger partial charge in [-0.05, 0) is 25.0 Å². The van der Waals surface area contributed by atoms with Crippen molar-refractivity contribution in [2.75, 3.05) is 0 Å². The van der Waals surface area contributed by atoms with Gasteiger partial charge in [-0.25, -0.2) is 4.98 Å². The normalized spacial score (nSPS) is 12.1. The van der Waals surface area contributed by atoms with Crippen molar-refractivity contribution in [2.45, 2.75) is 19.9 Å². The second kappa shape index (κ2) is 6.42. The Kier molecular flexibility index (Phi) is 4.36. The molecule has 0 bridgehead atoms. The molecule has 3 aromatic rings. The number of amides is 1. The van der Waals surface area contributed by atoms with Crippen molar-refractivity contribution in [1.82, 2.24) is 10.3 Å². The molecule has 0 fully saturated rings. The molecule has 5 heteroatoms. The van der Waals surface area contributed by atoms with Crippen LogP contribution < -0.4 is 5.32 Å². The maximum atomic E-state index is 12.6. The molecular weight excluding hydrogens is 312 g/mol. The Morgan fingerprint density at radius 2 is 1.95 bits per heavy atom. The zero-order valence-corrected chi connectivity index (χ0v) is 14.0. The fraction of sp³-hybridized carbons (Fsp3) is 0.176. The van der Waals surface area contributed by atoms with Gasteiger partial charge < -0.3 is 5.32 Å². The molecular formula is C17H16N2OS2. The molecule has 0 saturated heterocycles. The predicted molar refractivity (Wildman–Crippen MR) is 91.7 cm³/mol. The quantitative estimate of drug-likeness (QED) is 0.774. The van der Waals surface area contributed by atoms with Crippen molar-refractivity contribution < 1.29 is 4.79 Å². The standard InChI is InChI=1S/C17H16N2OS2/c1-11-12(2)22-10-14(11)16(20)19-15(17-18-8-9-21-17)13-6-4-3-5-7-13/h3-10,15H,1-2H3,(H,19,20). The SMILES string of the molecule is Cc1scc(C(=O)NC(c2ccccc2)c2nccs2)c1C. The van der Waals surface area contributed by atoms with E-state index in [1.165, 1.54) is 4.88 Å². The highest BCUT2D eigenvalue weighted by molar-refractivity contribution is 7.10. The average Bonchev–Trinajstić information content (AvgIpc) is 3.17. The number of carbonyl (C=O) groups excluding carboxylic acids is 1. The Bertz CT molecular complexity index is 763. The molecule has 0 spiro atoms. The summed E-state index contributed by atoms with van der Waals surface area (Å²) in [5.74, 6) is -0.0501. The van der Waals surface area contributed by atoms with Gasteiger partial charge in [0.1, 0.15) is 11.0 Å². The fourth-order valence-electron chi connectivity index (χ4n) is 2.26. The first-order valence-corrected chi connectivity index (χ1v) is 8.72. The lowest BCUT2D eigenvalue weighted by Gasteiger charge is -2.17. The monoisotopic (exact) mass is 328 g/mol. The summed E-state index contributed by atoms with van der Waals surface area (Å²) in [5, 5.41) is 7.86. The molecule has 22 heavy (non-hydrogen) atoms. The number of thiophene rings is 1. The van der Waals surface area contributed by atoms with Gasteiger partial charge in [0.2, 0.25) is 0 Å². The van der Waals surface area contributed by atoms with Crippen molar-refractivity contribution in [1.29, 1.82) is 0 Å². The number of rotatable bonds is 4. The van der Waals surface area contributed by atoms with E-state index in [1.54, 1.807) is 28.9 Å². The second-order valence-corrected chi connectivity index (χ2v) is 7.03. The van der Waals surface area contributed by atoms with Crippen molar-refractivity contribution in [3.05, 3.63) is 73.9 Å². The van der Waals surface area contributed by atoms with Crippen LogP contribution in [0.1, 0.15) is 37.4 Å². The molecule has 2 aromatic heterocycles. The maximum absolute atomic E-state index is 12.6. The van der Waals surface area contributed by atoms with E-state index in [1.807, 2.05) is 54.9 Å². The van der Waals surface area contributed by atoms with Crippen LogP contribution in [-0.2, 0) is 0 Å². The minimum absolute atomic E-state index is 0.0501. The van der Waals surface area contributed by atoms with Crippen molar-refractivity contribution in [3.8, 4) is 0 Å². The highest BCUT2D eigenvalue weighted by Crippen LogP contribution is 2.26. The Hall–Kier alpha value is -1.98. The number of carbonyl (C=O) groups is 1. The van der Waals surface area contributed by atoms with Crippen LogP contribution in [0.3, 0.4) is 0 Å². The molecule has 1 unspecified atom stereocenters. The van der Waals surface area contributed by atoms with E-state index in [-0.39, 0.29) is 11.9 Å². The van der Waals surface area contributed by atoms with Crippen LogP contribution in [0.25, 0.3) is 0 Å². The molecule has 0 aliphatic carbocycles. The first-order chi connectivity index (χ1) is 10.7. The van der Waals surface area contributed by atoms with E-state index in [4.69, 9.17) is 0 Å². The number of thiazole rings is 1. The average molecular weight is 328 g/mol. The van der Waals surface area contributed by atoms with E-state index < -0.39 is 0 Å². The Labute approximate surface area is 137 Å². The minimum Gasteiger partial charge on any atom is -0.339 e. The third kappa shape index (κ3) is 2.96. The molecule has 0 aliphatic rings. The third-order valence-electron chi connectivity index (χ3n) is 3.64. The summed E-state index contributed by atoms with van der Waals surface area (Å²) in [6, 6.07) is 9.73. The third-order valence-corrected chi connectivity index (χ3v) is 5.49. The molecule has 2 heterocycles. The highest BCUT2D eigenvalue weighted by atomic mass is 32.1. The van der Waals surface area contributed by atoms with Gasteiger partial charge in [-0.3, -0.25) is 4.79 Å². The van der Waals surface area contributed by atoms with E-state index in [2.05, 4.69) is 10.3 Å². The van der Waals surface area contributed by atoms with Crippen LogP contribution in [0.4, 0.5) is 0 Å². The van der Waals surface area contributed by atoms with Gasteiger partial charge in [-0.2, -0.15) is 0 Å². The topological polar surface area (TPSA) is 42.0 Å². The Morgan fingerprint density at radius 3 is 2.55 bits per heavy atom. The molecule has 0 aliphatic heterocycles. The minimum atomic E-state index is -0.215. The maximum Gasteiger partial charge on any atom is 0.253 e. The summed E-state index contributed by atoms with van der Waals surface area (Å²) >= 11 is 3.16. The van der Waals surface area contributed by atoms with E-state index in [0.29, 0.717) is 0 Å².